The highest BCUT2D eigenvalue weighted by Crippen LogP contribution is 2.22. The van der Waals surface area contributed by atoms with Gasteiger partial charge in [0.25, 0.3) is 10.1 Å². The molecule has 1 unspecified atom stereocenters. The first kappa shape index (κ1) is 28.2. The Balaban J connectivity index is 1.10. The molecule has 1 aliphatic rings. The van der Waals surface area contributed by atoms with Crippen LogP contribution >= 0.6 is 0 Å². The lowest BCUT2D eigenvalue weighted by Crippen LogP contribution is -2.39. The summed E-state index contributed by atoms with van der Waals surface area (Å²) < 4.78 is 43.3. The predicted molar refractivity (Wildman–Crippen MR) is 155 cm³/mol. The summed E-state index contributed by atoms with van der Waals surface area (Å²) in [6.45, 7) is 2.59. The molecule has 9 heteroatoms. The zero-order valence-electron chi connectivity index (χ0n) is 22.6. The second-order valence-electron chi connectivity index (χ2n) is 9.84. The topological polar surface area (TPSA) is 80.3 Å². The summed E-state index contributed by atoms with van der Waals surface area (Å²) in [6, 6.07) is 31.1. The Hall–Kier alpha value is -3.31. The van der Waals surface area contributed by atoms with Gasteiger partial charge in [0.05, 0.1) is 37.4 Å². The third-order valence-electron chi connectivity index (χ3n) is 6.82. The summed E-state index contributed by atoms with van der Waals surface area (Å²) in [5.74, 6) is 0.749. The lowest BCUT2D eigenvalue weighted by Gasteiger charge is -2.19. The van der Waals surface area contributed by atoms with Crippen LogP contribution in [0.1, 0.15) is 17.5 Å². The molecular formula is C31H35N3O5S. The number of ether oxygens (including phenoxy) is 2. The molecule has 0 radical (unpaired) electrons. The number of benzene rings is 4. The second-order valence-corrected chi connectivity index (χ2v) is 11.4. The maximum atomic E-state index is 13.1. The second kappa shape index (κ2) is 13.4. The highest BCUT2D eigenvalue weighted by molar-refractivity contribution is 7.86. The van der Waals surface area contributed by atoms with Gasteiger partial charge in [0.15, 0.2) is 0 Å². The summed E-state index contributed by atoms with van der Waals surface area (Å²) in [4.78, 5) is 0.179. The summed E-state index contributed by atoms with van der Waals surface area (Å²) in [5.41, 5.74) is 5.10. The zero-order chi connectivity index (χ0) is 27.8. The number of hydrogen-bond acceptors (Lipinski definition) is 8. The predicted octanol–water partition coefficient (Wildman–Crippen LogP) is 4.77. The number of hydrogen-bond donors (Lipinski definition) is 1. The van der Waals surface area contributed by atoms with Gasteiger partial charge >= 0.3 is 0 Å². The molecule has 5 rings (SSSR count). The fourth-order valence-corrected chi connectivity index (χ4v) is 5.86. The molecule has 0 saturated carbocycles. The first-order valence-corrected chi connectivity index (χ1v) is 14.8. The van der Waals surface area contributed by atoms with Crippen molar-refractivity contribution in [2.24, 2.45) is 0 Å². The molecule has 1 heterocycles. The van der Waals surface area contributed by atoms with Gasteiger partial charge < -0.3 is 9.47 Å². The van der Waals surface area contributed by atoms with Crippen molar-refractivity contribution < 1.29 is 22.1 Å². The molecular weight excluding hydrogens is 526 g/mol. The number of rotatable bonds is 13. The van der Waals surface area contributed by atoms with E-state index in [-0.39, 0.29) is 17.5 Å². The van der Waals surface area contributed by atoms with Crippen molar-refractivity contribution in [2.45, 2.75) is 30.5 Å². The maximum Gasteiger partial charge on any atom is 0.297 e. The first-order chi connectivity index (χ1) is 19.5. The van der Waals surface area contributed by atoms with Gasteiger partial charge in [0, 0.05) is 26.6 Å². The van der Waals surface area contributed by atoms with Crippen molar-refractivity contribution in [1.82, 2.24) is 15.6 Å². The van der Waals surface area contributed by atoms with Crippen LogP contribution in [-0.4, -0.2) is 57.9 Å². The smallest absolute Gasteiger partial charge is 0.297 e. The van der Waals surface area contributed by atoms with Crippen LogP contribution < -0.4 is 10.3 Å². The van der Waals surface area contributed by atoms with Crippen molar-refractivity contribution in [3.8, 4) is 5.75 Å². The minimum atomic E-state index is -3.93. The molecule has 1 atom stereocenters. The Morgan fingerprint density at radius 2 is 1.62 bits per heavy atom. The van der Waals surface area contributed by atoms with Crippen LogP contribution in [0.5, 0.6) is 5.75 Å². The van der Waals surface area contributed by atoms with Crippen LogP contribution in [0.15, 0.2) is 102 Å². The number of hydrazine groups is 2. The lowest BCUT2D eigenvalue weighted by molar-refractivity contribution is 0.0602. The van der Waals surface area contributed by atoms with E-state index < -0.39 is 10.1 Å². The molecule has 40 heavy (non-hydrogen) atoms. The molecule has 210 valence electrons. The first-order valence-electron chi connectivity index (χ1n) is 13.4. The van der Waals surface area contributed by atoms with Crippen LogP contribution in [0.25, 0.3) is 10.8 Å². The van der Waals surface area contributed by atoms with E-state index >= 15 is 0 Å². The molecule has 1 N–H and O–H groups in total. The third kappa shape index (κ3) is 7.45. The van der Waals surface area contributed by atoms with E-state index in [1.54, 1.807) is 12.1 Å². The molecule has 0 spiro atoms. The molecule has 0 aliphatic carbocycles. The number of likely N-dealkylation sites (N-methyl/N-ethyl adjacent to an activating group) is 1. The summed E-state index contributed by atoms with van der Waals surface area (Å²) in [5, 5.41) is 6.22. The number of nitrogens with one attached hydrogen (secondary N) is 1. The summed E-state index contributed by atoms with van der Waals surface area (Å²) >= 11 is 0. The Morgan fingerprint density at radius 3 is 2.48 bits per heavy atom. The Kier molecular flexibility index (Phi) is 9.43. The molecule has 1 aliphatic heterocycles. The molecule has 0 amide bonds. The van der Waals surface area contributed by atoms with E-state index in [1.165, 1.54) is 0 Å². The number of nitrogens with zero attached hydrogens (tertiary/aromatic N) is 2. The van der Waals surface area contributed by atoms with Gasteiger partial charge in [0.1, 0.15) is 5.75 Å². The van der Waals surface area contributed by atoms with Crippen molar-refractivity contribution >= 4 is 20.9 Å². The average molecular weight is 562 g/mol. The average Bonchev–Trinajstić information content (AvgIpc) is 3.31. The number of fused-ring (bicyclic) bond motifs is 1. The SMILES string of the molecule is CN1NN(Cc2ccccc2S(=O)(=O)OCCCOc2ccc3ccccc3c2)CC1COCc1ccccc1. The van der Waals surface area contributed by atoms with Gasteiger partial charge in [-0.2, -0.15) is 14.0 Å². The Bertz CT molecular complexity index is 1500. The molecule has 1 fully saturated rings. The van der Waals surface area contributed by atoms with Crippen molar-refractivity contribution in [3.05, 3.63) is 108 Å². The molecule has 4 aromatic rings. The van der Waals surface area contributed by atoms with Crippen LogP contribution in [0, 0.1) is 0 Å². The zero-order valence-corrected chi connectivity index (χ0v) is 23.4. The van der Waals surface area contributed by atoms with E-state index in [2.05, 4.69) is 5.53 Å². The molecule has 4 aromatic carbocycles. The minimum absolute atomic E-state index is 0.0375. The van der Waals surface area contributed by atoms with Crippen LogP contribution in [0.2, 0.25) is 0 Å². The van der Waals surface area contributed by atoms with Crippen molar-refractivity contribution in [2.75, 3.05) is 33.4 Å². The van der Waals surface area contributed by atoms with Crippen molar-refractivity contribution in [3.63, 3.8) is 0 Å². The van der Waals surface area contributed by atoms with Gasteiger partial charge in [-0.05, 0) is 40.1 Å². The van der Waals surface area contributed by atoms with E-state index in [4.69, 9.17) is 13.7 Å². The Labute approximate surface area is 236 Å². The largest absolute Gasteiger partial charge is 0.493 e. The molecule has 8 nitrogen and oxygen atoms in total. The van der Waals surface area contributed by atoms with Gasteiger partial charge in [0.2, 0.25) is 0 Å². The van der Waals surface area contributed by atoms with Gasteiger partial charge in [-0.15, -0.1) is 0 Å². The highest BCUT2D eigenvalue weighted by Gasteiger charge is 2.29. The molecule has 1 saturated heterocycles. The highest BCUT2D eigenvalue weighted by atomic mass is 32.2. The fourth-order valence-electron chi connectivity index (χ4n) is 4.70. The quantitative estimate of drug-likeness (QED) is 0.185. The van der Waals surface area contributed by atoms with Crippen LogP contribution in [0.4, 0.5) is 0 Å². The lowest BCUT2D eigenvalue weighted by atomic mass is 10.1. The standard InChI is InChI=1S/C31H35N3O5S/c1-33-29(24-37-23-25-10-3-2-4-11-25)22-34(32-33)21-28-14-7-8-15-31(28)40(35,36)39-19-9-18-38-30-17-16-26-12-5-6-13-27(26)20-30/h2-8,10-17,20,29,32H,9,18-19,21-24H2,1H3. The summed E-state index contributed by atoms with van der Waals surface area (Å²) in [7, 11) is -1.97. The van der Waals surface area contributed by atoms with Gasteiger partial charge in [-0.25, -0.2) is 10.0 Å². The fraction of sp³-hybridized carbons (Fsp3) is 0.290. The van der Waals surface area contributed by atoms with Crippen LogP contribution in [0.3, 0.4) is 0 Å². The van der Waals surface area contributed by atoms with E-state index in [9.17, 15) is 8.42 Å². The summed E-state index contributed by atoms with van der Waals surface area (Å²) in [6.07, 6.45) is 0.442. The monoisotopic (exact) mass is 561 g/mol. The molecule has 0 aromatic heterocycles. The molecule has 0 bridgehead atoms. The minimum Gasteiger partial charge on any atom is -0.493 e. The third-order valence-corrected chi connectivity index (χ3v) is 8.23. The van der Waals surface area contributed by atoms with Gasteiger partial charge in [-0.3, -0.25) is 4.18 Å². The van der Waals surface area contributed by atoms with Crippen LogP contribution in [-0.2, 0) is 32.2 Å². The van der Waals surface area contributed by atoms with Crippen molar-refractivity contribution in [1.29, 1.82) is 0 Å². The van der Waals surface area contributed by atoms with E-state index in [0.717, 1.165) is 22.1 Å². The van der Waals surface area contributed by atoms with Gasteiger partial charge in [-0.1, -0.05) is 78.9 Å². The van der Waals surface area contributed by atoms with E-state index in [0.29, 0.717) is 44.9 Å². The van der Waals surface area contributed by atoms with E-state index in [1.807, 2.05) is 102 Å². The Morgan fingerprint density at radius 1 is 0.875 bits per heavy atom. The normalized spacial score (nSPS) is 16.5. The maximum absolute atomic E-state index is 13.1.